The van der Waals surface area contributed by atoms with Crippen molar-refractivity contribution >= 4 is 0 Å². The van der Waals surface area contributed by atoms with E-state index >= 15 is 0 Å². The highest BCUT2D eigenvalue weighted by Crippen LogP contribution is 2.21. The van der Waals surface area contributed by atoms with Crippen molar-refractivity contribution in [2.75, 3.05) is 20.1 Å². The molecule has 0 unspecified atom stereocenters. The molecule has 2 heterocycles. The van der Waals surface area contributed by atoms with Crippen LogP contribution >= 0.6 is 0 Å². The van der Waals surface area contributed by atoms with E-state index in [0.717, 1.165) is 31.0 Å². The number of rotatable bonds is 0. The summed E-state index contributed by atoms with van der Waals surface area (Å²) in [6.45, 7) is 1.83. The smallest absolute Gasteiger partial charge is 0.278 e. The predicted octanol–water partition coefficient (Wildman–Crippen LogP) is -0.571. The quantitative estimate of drug-likeness (QED) is 0.493. The maximum atomic E-state index is 9.05. The van der Waals surface area contributed by atoms with Crippen molar-refractivity contribution in [1.29, 1.82) is 0 Å². The zero-order valence-electron chi connectivity index (χ0n) is 6.50. The highest BCUT2D eigenvalue weighted by molar-refractivity contribution is 5.15. The second-order valence-corrected chi connectivity index (χ2v) is 3.00. The van der Waals surface area contributed by atoms with Gasteiger partial charge in [0.05, 0.1) is 12.2 Å². The molecule has 0 bridgehead atoms. The molecule has 1 atom stereocenters. The summed E-state index contributed by atoms with van der Waals surface area (Å²) in [5.74, 6) is 0.895. The summed E-state index contributed by atoms with van der Waals surface area (Å²) in [4.78, 5) is 2.17. The highest BCUT2D eigenvalue weighted by Gasteiger charge is 2.26. The van der Waals surface area contributed by atoms with Gasteiger partial charge in [-0.1, -0.05) is 0 Å². The third-order valence-corrected chi connectivity index (χ3v) is 2.05. The van der Waals surface area contributed by atoms with Crippen LogP contribution in [0, 0.1) is 0 Å². The second kappa shape index (κ2) is 2.39. The number of nitrogens with one attached hydrogen (secondary N) is 1. The minimum atomic E-state index is -0.813. The van der Waals surface area contributed by atoms with Crippen molar-refractivity contribution in [1.82, 2.24) is 10.2 Å². The van der Waals surface area contributed by atoms with Crippen LogP contribution in [0.4, 0.5) is 0 Å². The maximum absolute atomic E-state index is 9.05. The summed E-state index contributed by atoms with van der Waals surface area (Å²) in [6.07, 6.45) is 0.134. The van der Waals surface area contributed by atoms with Gasteiger partial charge in [0, 0.05) is 13.0 Å². The molecule has 2 aliphatic rings. The standard InChI is InChI=1S/C7H12N2O2/c1-9-3-2-5-6(4-9)11-7(10)8-5/h7-8,10H,2-4H2,1H3/t7-/m1/s1. The topological polar surface area (TPSA) is 44.7 Å². The number of likely N-dealkylation sites (N-methyl/N-ethyl adjacent to an activating group) is 1. The van der Waals surface area contributed by atoms with Crippen LogP contribution in [0.2, 0.25) is 0 Å². The molecule has 0 radical (unpaired) electrons. The van der Waals surface area contributed by atoms with Gasteiger partial charge < -0.3 is 15.2 Å². The summed E-state index contributed by atoms with van der Waals surface area (Å²) in [5, 5.41) is 11.9. The molecule has 2 rings (SSSR count). The van der Waals surface area contributed by atoms with Gasteiger partial charge in [0.25, 0.3) is 6.41 Å². The fourth-order valence-electron chi connectivity index (χ4n) is 1.44. The Labute approximate surface area is 65.4 Å². The van der Waals surface area contributed by atoms with Crippen LogP contribution in [0.1, 0.15) is 6.42 Å². The van der Waals surface area contributed by atoms with E-state index in [9.17, 15) is 0 Å². The van der Waals surface area contributed by atoms with Crippen LogP contribution in [0.15, 0.2) is 11.5 Å². The molecule has 2 aliphatic heterocycles. The van der Waals surface area contributed by atoms with Gasteiger partial charge in [-0.2, -0.15) is 0 Å². The molecule has 0 saturated heterocycles. The van der Waals surface area contributed by atoms with E-state index in [-0.39, 0.29) is 0 Å². The van der Waals surface area contributed by atoms with Gasteiger partial charge in [-0.3, -0.25) is 4.90 Å². The molecule has 4 nitrogen and oxygen atoms in total. The monoisotopic (exact) mass is 156 g/mol. The average molecular weight is 156 g/mol. The Morgan fingerprint density at radius 1 is 1.73 bits per heavy atom. The molecule has 0 spiro atoms. The summed E-state index contributed by atoms with van der Waals surface area (Å²) >= 11 is 0. The first-order valence-corrected chi connectivity index (χ1v) is 3.77. The summed E-state index contributed by atoms with van der Waals surface area (Å²) < 4.78 is 5.12. The fraction of sp³-hybridized carbons (Fsp3) is 0.714. The summed E-state index contributed by atoms with van der Waals surface area (Å²) in [6, 6.07) is 0. The van der Waals surface area contributed by atoms with E-state index in [1.54, 1.807) is 0 Å². The average Bonchev–Trinajstić information content (AvgIpc) is 2.27. The van der Waals surface area contributed by atoms with Gasteiger partial charge in [-0.15, -0.1) is 0 Å². The van der Waals surface area contributed by atoms with Gasteiger partial charge in [-0.05, 0) is 7.05 Å². The lowest BCUT2D eigenvalue weighted by Crippen LogP contribution is -2.28. The minimum Gasteiger partial charge on any atom is -0.448 e. The maximum Gasteiger partial charge on any atom is 0.278 e. The Kier molecular flexibility index (Phi) is 1.51. The molecule has 0 aromatic carbocycles. The third-order valence-electron chi connectivity index (χ3n) is 2.05. The van der Waals surface area contributed by atoms with Crippen LogP contribution in [0.3, 0.4) is 0 Å². The highest BCUT2D eigenvalue weighted by atomic mass is 16.6. The molecule has 62 valence electrons. The summed E-state index contributed by atoms with van der Waals surface area (Å²) in [5.41, 5.74) is 1.07. The molecule has 2 N–H and O–H groups in total. The van der Waals surface area contributed by atoms with Crippen LogP contribution < -0.4 is 5.32 Å². The van der Waals surface area contributed by atoms with E-state index < -0.39 is 6.41 Å². The molecule has 0 saturated carbocycles. The number of ether oxygens (including phenoxy) is 1. The normalized spacial score (nSPS) is 31.3. The molecule has 0 aromatic rings. The number of nitrogens with zero attached hydrogens (tertiary/aromatic N) is 1. The lowest BCUT2D eigenvalue weighted by molar-refractivity contribution is -0.0634. The van der Waals surface area contributed by atoms with E-state index in [1.165, 1.54) is 0 Å². The minimum absolute atomic E-state index is 0.805. The van der Waals surface area contributed by atoms with Crippen LogP contribution in [0.5, 0.6) is 0 Å². The van der Waals surface area contributed by atoms with Crippen molar-refractivity contribution in [3.63, 3.8) is 0 Å². The Morgan fingerprint density at radius 3 is 3.36 bits per heavy atom. The molecule has 0 aromatic heterocycles. The van der Waals surface area contributed by atoms with Crippen molar-refractivity contribution in [2.45, 2.75) is 12.8 Å². The van der Waals surface area contributed by atoms with E-state index in [1.807, 2.05) is 7.05 Å². The van der Waals surface area contributed by atoms with Gasteiger partial charge in [0.1, 0.15) is 5.76 Å². The lowest BCUT2D eigenvalue weighted by Gasteiger charge is -2.21. The van der Waals surface area contributed by atoms with Crippen molar-refractivity contribution in [3.8, 4) is 0 Å². The van der Waals surface area contributed by atoms with Crippen molar-refractivity contribution in [2.24, 2.45) is 0 Å². The zero-order valence-corrected chi connectivity index (χ0v) is 6.50. The van der Waals surface area contributed by atoms with E-state index in [0.29, 0.717) is 0 Å². The predicted molar refractivity (Wildman–Crippen MR) is 39.4 cm³/mol. The van der Waals surface area contributed by atoms with Crippen molar-refractivity contribution in [3.05, 3.63) is 11.5 Å². The van der Waals surface area contributed by atoms with Crippen LogP contribution in [-0.4, -0.2) is 36.6 Å². The Hall–Kier alpha value is -0.740. The Balaban J connectivity index is 2.10. The fourth-order valence-corrected chi connectivity index (χ4v) is 1.44. The van der Waals surface area contributed by atoms with Crippen molar-refractivity contribution < 1.29 is 9.84 Å². The Bertz CT molecular complexity index is 203. The van der Waals surface area contributed by atoms with E-state index in [2.05, 4.69) is 10.2 Å². The largest absolute Gasteiger partial charge is 0.448 e. The number of hydrogen-bond donors (Lipinski definition) is 2. The first-order chi connectivity index (χ1) is 5.25. The van der Waals surface area contributed by atoms with Gasteiger partial charge in [0.15, 0.2) is 0 Å². The molecular formula is C7H12N2O2. The first-order valence-electron chi connectivity index (χ1n) is 3.77. The van der Waals surface area contributed by atoms with Crippen LogP contribution in [0.25, 0.3) is 0 Å². The third kappa shape index (κ3) is 1.19. The first kappa shape index (κ1) is 6.94. The molecule has 0 fully saturated rings. The number of hydrogen-bond acceptors (Lipinski definition) is 4. The number of aliphatic hydroxyl groups is 1. The molecular weight excluding hydrogens is 144 g/mol. The zero-order chi connectivity index (χ0) is 7.84. The second-order valence-electron chi connectivity index (χ2n) is 3.00. The van der Waals surface area contributed by atoms with E-state index in [4.69, 9.17) is 9.84 Å². The lowest BCUT2D eigenvalue weighted by atomic mass is 10.2. The number of aliphatic hydroxyl groups excluding tert-OH is 1. The van der Waals surface area contributed by atoms with Crippen LogP contribution in [-0.2, 0) is 4.74 Å². The molecule has 4 heteroatoms. The molecule has 11 heavy (non-hydrogen) atoms. The summed E-state index contributed by atoms with van der Waals surface area (Å²) in [7, 11) is 2.04. The van der Waals surface area contributed by atoms with Gasteiger partial charge in [-0.25, -0.2) is 0 Å². The molecule has 0 amide bonds. The van der Waals surface area contributed by atoms with Gasteiger partial charge in [0.2, 0.25) is 0 Å². The SMILES string of the molecule is CN1CCC2=C(C1)O[C@@H](O)N2. The molecule has 0 aliphatic carbocycles. The Morgan fingerprint density at radius 2 is 2.55 bits per heavy atom. The van der Waals surface area contributed by atoms with Gasteiger partial charge >= 0.3 is 0 Å².